The SMILES string of the molecule is CN1CC[C@H]2CN(c3ccccc3)C(=O)[C@H]21. The minimum atomic E-state index is 0.125. The summed E-state index contributed by atoms with van der Waals surface area (Å²) in [4.78, 5) is 16.4. The van der Waals surface area contributed by atoms with Crippen molar-refractivity contribution in [1.82, 2.24) is 4.90 Å². The zero-order valence-corrected chi connectivity index (χ0v) is 9.47. The maximum atomic E-state index is 12.3. The number of likely N-dealkylation sites (N-methyl/N-ethyl adjacent to an activating group) is 1. The van der Waals surface area contributed by atoms with E-state index in [1.807, 2.05) is 35.2 Å². The molecule has 0 bridgehead atoms. The van der Waals surface area contributed by atoms with Gasteiger partial charge in [-0.3, -0.25) is 9.69 Å². The van der Waals surface area contributed by atoms with Crippen molar-refractivity contribution in [3.63, 3.8) is 0 Å². The molecule has 3 rings (SSSR count). The fourth-order valence-electron chi connectivity index (χ4n) is 2.93. The lowest BCUT2D eigenvalue weighted by molar-refractivity contribution is -0.120. The Balaban J connectivity index is 1.88. The zero-order valence-electron chi connectivity index (χ0n) is 9.47. The number of hydrogen-bond acceptors (Lipinski definition) is 2. The number of nitrogens with zero attached hydrogens (tertiary/aromatic N) is 2. The van der Waals surface area contributed by atoms with Gasteiger partial charge in [-0.15, -0.1) is 0 Å². The Hall–Kier alpha value is -1.35. The number of para-hydroxylation sites is 1. The number of rotatable bonds is 1. The molecule has 1 aromatic rings. The predicted molar refractivity (Wildman–Crippen MR) is 63.3 cm³/mol. The lowest BCUT2D eigenvalue weighted by atomic mass is 10.1. The number of anilines is 1. The quantitative estimate of drug-likeness (QED) is 0.707. The maximum Gasteiger partial charge on any atom is 0.244 e. The highest BCUT2D eigenvalue weighted by atomic mass is 16.2. The number of carbonyl (C=O) groups excluding carboxylic acids is 1. The van der Waals surface area contributed by atoms with Crippen molar-refractivity contribution in [2.24, 2.45) is 5.92 Å². The molecule has 0 saturated carbocycles. The van der Waals surface area contributed by atoms with Gasteiger partial charge in [0.2, 0.25) is 5.91 Å². The maximum absolute atomic E-state index is 12.3. The minimum absolute atomic E-state index is 0.125. The number of likely N-dealkylation sites (tertiary alicyclic amines) is 1. The van der Waals surface area contributed by atoms with Gasteiger partial charge in [0, 0.05) is 18.2 Å². The Bertz CT molecular complexity index is 404. The summed E-state index contributed by atoms with van der Waals surface area (Å²) in [5.41, 5.74) is 1.04. The Labute approximate surface area is 95.7 Å². The van der Waals surface area contributed by atoms with E-state index in [0.717, 1.165) is 25.2 Å². The van der Waals surface area contributed by atoms with Gasteiger partial charge in [-0.05, 0) is 32.1 Å². The molecular weight excluding hydrogens is 200 g/mol. The molecule has 3 nitrogen and oxygen atoms in total. The number of carbonyl (C=O) groups is 1. The Morgan fingerprint density at radius 3 is 2.69 bits per heavy atom. The van der Waals surface area contributed by atoms with Gasteiger partial charge in [-0.1, -0.05) is 18.2 Å². The second kappa shape index (κ2) is 3.59. The van der Waals surface area contributed by atoms with Gasteiger partial charge in [0.15, 0.2) is 0 Å². The van der Waals surface area contributed by atoms with E-state index in [0.29, 0.717) is 5.92 Å². The van der Waals surface area contributed by atoms with Gasteiger partial charge < -0.3 is 4.90 Å². The summed E-state index contributed by atoms with van der Waals surface area (Å²) >= 11 is 0. The van der Waals surface area contributed by atoms with Crippen molar-refractivity contribution in [2.45, 2.75) is 12.5 Å². The van der Waals surface area contributed by atoms with Crippen molar-refractivity contribution >= 4 is 11.6 Å². The second-order valence-electron chi connectivity index (χ2n) is 4.76. The molecule has 0 unspecified atom stereocenters. The first kappa shape index (κ1) is 9.85. The number of hydrogen-bond donors (Lipinski definition) is 0. The van der Waals surface area contributed by atoms with Crippen LogP contribution in [0.3, 0.4) is 0 Å². The minimum Gasteiger partial charge on any atom is -0.311 e. The molecule has 2 aliphatic rings. The van der Waals surface area contributed by atoms with E-state index in [-0.39, 0.29) is 11.9 Å². The predicted octanol–water partition coefficient (Wildman–Crippen LogP) is 1.35. The molecule has 2 aliphatic heterocycles. The fraction of sp³-hybridized carbons (Fsp3) is 0.462. The van der Waals surface area contributed by atoms with Crippen LogP contribution in [0.5, 0.6) is 0 Å². The molecule has 0 aliphatic carbocycles. The van der Waals surface area contributed by atoms with Crippen LogP contribution in [0.2, 0.25) is 0 Å². The topological polar surface area (TPSA) is 23.6 Å². The van der Waals surface area contributed by atoms with Crippen LogP contribution in [0.15, 0.2) is 30.3 Å². The average molecular weight is 216 g/mol. The van der Waals surface area contributed by atoms with Gasteiger partial charge in [0.25, 0.3) is 0 Å². The van der Waals surface area contributed by atoms with Crippen LogP contribution in [0.25, 0.3) is 0 Å². The largest absolute Gasteiger partial charge is 0.311 e. The van der Waals surface area contributed by atoms with Crippen LogP contribution in [0, 0.1) is 5.92 Å². The van der Waals surface area contributed by atoms with Gasteiger partial charge >= 0.3 is 0 Å². The number of amides is 1. The van der Waals surface area contributed by atoms with E-state index in [4.69, 9.17) is 0 Å². The first-order valence-electron chi connectivity index (χ1n) is 5.84. The van der Waals surface area contributed by atoms with E-state index in [2.05, 4.69) is 11.9 Å². The molecule has 0 spiro atoms. The highest BCUT2D eigenvalue weighted by Gasteiger charge is 2.46. The molecule has 0 aromatic heterocycles. The third-order valence-electron chi connectivity index (χ3n) is 3.78. The number of benzene rings is 1. The second-order valence-corrected chi connectivity index (χ2v) is 4.76. The van der Waals surface area contributed by atoms with Crippen molar-refractivity contribution < 1.29 is 4.79 Å². The molecule has 0 N–H and O–H groups in total. The van der Waals surface area contributed by atoms with E-state index in [9.17, 15) is 4.79 Å². The van der Waals surface area contributed by atoms with Crippen molar-refractivity contribution in [3.05, 3.63) is 30.3 Å². The van der Waals surface area contributed by atoms with E-state index < -0.39 is 0 Å². The van der Waals surface area contributed by atoms with Crippen molar-refractivity contribution in [3.8, 4) is 0 Å². The molecule has 3 heteroatoms. The van der Waals surface area contributed by atoms with E-state index in [1.54, 1.807) is 0 Å². The van der Waals surface area contributed by atoms with Gasteiger partial charge in [0.05, 0.1) is 6.04 Å². The molecule has 1 aromatic carbocycles. The summed E-state index contributed by atoms with van der Waals surface area (Å²) in [7, 11) is 2.05. The summed E-state index contributed by atoms with van der Waals surface area (Å²) in [5.74, 6) is 0.800. The first-order valence-corrected chi connectivity index (χ1v) is 5.84. The van der Waals surface area contributed by atoms with Crippen molar-refractivity contribution in [1.29, 1.82) is 0 Å². The van der Waals surface area contributed by atoms with Crippen LogP contribution in [-0.4, -0.2) is 37.0 Å². The standard InChI is InChI=1S/C13H16N2O/c1-14-8-7-10-9-15(13(16)12(10)14)11-5-3-2-4-6-11/h2-6,10,12H,7-9H2,1H3/t10-,12-/m0/s1. The summed E-state index contributed by atoms with van der Waals surface area (Å²) in [6, 6.07) is 10.1. The van der Waals surface area contributed by atoms with Crippen LogP contribution in [0.4, 0.5) is 5.69 Å². The smallest absolute Gasteiger partial charge is 0.244 e. The molecular formula is C13H16N2O. The summed E-state index contributed by atoms with van der Waals surface area (Å²) in [5, 5.41) is 0. The molecule has 2 fully saturated rings. The molecule has 2 saturated heterocycles. The van der Waals surface area contributed by atoms with Crippen LogP contribution >= 0.6 is 0 Å². The van der Waals surface area contributed by atoms with Crippen LogP contribution in [0.1, 0.15) is 6.42 Å². The highest BCUT2D eigenvalue weighted by molar-refractivity contribution is 6.00. The van der Waals surface area contributed by atoms with Crippen LogP contribution < -0.4 is 4.90 Å². The third-order valence-corrected chi connectivity index (χ3v) is 3.78. The average Bonchev–Trinajstić information content (AvgIpc) is 2.83. The fourth-order valence-corrected chi connectivity index (χ4v) is 2.93. The highest BCUT2D eigenvalue weighted by Crippen LogP contribution is 2.33. The van der Waals surface area contributed by atoms with Crippen LogP contribution in [-0.2, 0) is 4.79 Å². The van der Waals surface area contributed by atoms with Gasteiger partial charge in [-0.25, -0.2) is 0 Å². The Morgan fingerprint density at radius 2 is 2.00 bits per heavy atom. The molecule has 84 valence electrons. The molecule has 0 radical (unpaired) electrons. The summed E-state index contributed by atoms with van der Waals surface area (Å²) in [6.07, 6.45) is 1.15. The molecule has 1 amide bonds. The Morgan fingerprint density at radius 1 is 1.25 bits per heavy atom. The summed E-state index contributed by atoms with van der Waals surface area (Å²) in [6.45, 7) is 1.95. The lowest BCUT2D eigenvalue weighted by Gasteiger charge is -2.20. The van der Waals surface area contributed by atoms with Crippen molar-refractivity contribution in [2.75, 3.05) is 25.0 Å². The van der Waals surface area contributed by atoms with Gasteiger partial charge in [0.1, 0.15) is 0 Å². The monoisotopic (exact) mass is 216 g/mol. The zero-order chi connectivity index (χ0) is 11.1. The lowest BCUT2D eigenvalue weighted by Crippen LogP contribution is -2.37. The number of fused-ring (bicyclic) bond motifs is 1. The normalized spacial score (nSPS) is 29.8. The Kier molecular flexibility index (Phi) is 2.21. The molecule has 16 heavy (non-hydrogen) atoms. The summed E-state index contributed by atoms with van der Waals surface area (Å²) < 4.78 is 0. The third kappa shape index (κ3) is 1.35. The van der Waals surface area contributed by atoms with Gasteiger partial charge in [-0.2, -0.15) is 0 Å². The first-order chi connectivity index (χ1) is 7.77. The van der Waals surface area contributed by atoms with E-state index >= 15 is 0 Å². The van der Waals surface area contributed by atoms with E-state index in [1.165, 1.54) is 0 Å². The molecule has 2 atom stereocenters. The molecule has 2 heterocycles.